The molecule has 0 spiro atoms. The number of aryl methyl sites for hydroxylation is 3. The normalized spacial score (nSPS) is 12.0. The van der Waals surface area contributed by atoms with Gasteiger partial charge in [0, 0.05) is 32.0 Å². The Morgan fingerprint density at radius 3 is 2.67 bits per heavy atom. The molecule has 2 aromatic heterocycles. The molecule has 0 saturated heterocycles. The zero-order valence-corrected chi connectivity index (χ0v) is 13.5. The highest BCUT2D eigenvalue weighted by molar-refractivity contribution is 7.89. The monoisotopic (exact) mass is 331 g/mol. The van der Waals surface area contributed by atoms with Gasteiger partial charge >= 0.3 is 0 Å². The predicted molar refractivity (Wildman–Crippen MR) is 79.7 cm³/mol. The van der Waals surface area contributed by atoms with Crippen LogP contribution in [-0.2, 0) is 23.1 Å². The van der Waals surface area contributed by atoms with Gasteiger partial charge in [0.1, 0.15) is 4.90 Å². The highest BCUT2D eigenvalue weighted by Crippen LogP contribution is 2.13. The summed E-state index contributed by atoms with van der Waals surface area (Å²) in [5, 5.41) is 8.74. The van der Waals surface area contributed by atoms with Crippen molar-refractivity contribution in [3.8, 4) is 0 Å². The number of halogens is 1. The smallest absolute Gasteiger partial charge is 0.243 e. The fourth-order valence-electron chi connectivity index (χ4n) is 1.91. The lowest BCUT2D eigenvalue weighted by atomic mass is 10.4. The molecule has 0 amide bonds. The molecule has 2 rings (SSSR count). The topological polar surface area (TPSA) is 81.8 Å². The van der Waals surface area contributed by atoms with Crippen molar-refractivity contribution in [3.05, 3.63) is 29.3 Å². The lowest BCUT2D eigenvalue weighted by Crippen LogP contribution is -2.26. The average Bonchev–Trinajstić information content (AvgIpc) is 3.01. The molecule has 0 saturated carbocycles. The minimum Gasteiger partial charge on any atom is -0.271 e. The summed E-state index contributed by atoms with van der Waals surface area (Å²) in [6.45, 7) is 5.16. The largest absolute Gasteiger partial charge is 0.271 e. The van der Waals surface area contributed by atoms with Gasteiger partial charge in [-0.15, -0.1) is 0 Å². The maximum atomic E-state index is 12.2. The number of nitrogens with zero attached hydrogens (tertiary/aromatic N) is 4. The van der Waals surface area contributed by atoms with Crippen LogP contribution in [0.1, 0.15) is 19.0 Å². The lowest BCUT2D eigenvalue weighted by molar-refractivity contribution is 0.552. The van der Waals surface area contributed by atoms with Crippen LogP contribution in [0.15, 0.2) is 23.5 Å². The molecule has 1 N–H and O–H groups in total. The van der Waals surface area contributed by atoms with Gasteiger partial charge in [-0.25, -0.2) is 13.1 Å². The summed E-state index contributed by atoms with van der Waals surface area (Å²) in [5.74, 6) is 0. The molecule has 2 aromatic rings. The third kappa shape index (κ3) is 4.05. The Kier molecular flexibility index (Phi) is 5.02. The molecule has 0 unspecified atom stereocenters. The predicted octanol–water partition coefficient (Wildman–Crippen LogP) is 1.43. The number of aromatic nitrogens is 4. The van der Waals surface area contributed by atoms with Crippen LogP contribution < -0.4 is 4.72 Å². The third-order valence-electron chi connectivity index (χ3n) is 2.97. The van der Waals surface area contributed by atoms with Gasteiger partial charge in [-0.2, -0.15) is 10.2 Å². The molecule has 0 aliphatic heterocycles. The van der Waals surface area contributed by atoms with Crippen molar-refractivity contribution in [1.29, 1.82) is 0 Å². The quantitative estimate of drug-likeness (QED) is 0.778. The molecule has 0 fully saturated rings. The molecule has 0 aliphatic carbocycles. The number of hydrogen-bond acceptors (Lipinski definition) is 4. The van der Waals surface area contributed by atoms with Crippen molar-refractivity contribution < 1.29 is 8.42 Å². The number of hydrogen-bond donors (Lipinski definition) is 1. The standard InChI is InChI=1S/C12H18ClN5O2S/c1-3-17-9-12(10(2)16-17)21(19,20)15-5-4-6-18-8-11(13)7-14-18/h7-9,15H,3-6H2,1-2H3. The first-order valence-corrected chi connectivity index (χ1v) is 8.50. The van der Waals surface area contributed by atoms with Crippen LogP contribution in [-0.4, -0.2) is 34.5 Å². The first-order valence-electron chi connectivity index (χ1n) is 6.64. The Balaban J connectivity index is 1.90. The lowest BCUT2D eigenvalue weighted by Gasteiger charge is -2.05. The van der Waals surface area contributed by atoms with E-state index >= 15 is 0 Å². The average molecular weight is 332 g/mol. The Bertz CT molecular complexity index is 707. The van der Waals surface area contributed by atoms with E-state index in [-0.39, 0.29) is 4.90 Å². The summed E-state index contributed by atoms with van der Waals surface area (Å²) in [6, 6.07) is 0. The van der Waals surface area contributed by atoms with Crippen molar-refractivity contribution in [3.63, 3.8) is 0 Å². The summed E-state index contributed by atoms with van der Waals surface area (Å²) in [4.78, 5) is 0.228. The van der Waals surface area contributed by atoms with Gasteiger partial charge in [0.15, 0.2) is 0 Å². The maximum absolute atomic E-state index is 12.2. The van der Waals surface area contributed by atoms with E-state index in [2.05, 4.69) is 14.9 Å². The highest BCUT2D eigenvalue weighted by Gasteiger charge is 2.19. The molecular formula is C12H18ClN5O2S. The van der Waals surface area contributed by atoms with Gasteiger partial charge in [0.25, 0.3) is 0 Å². The molecule has 21 heavy (non-hydrogen) atoms. The zero-order chi connectivity index (χ0) is 15.5. The summed E-state index contributed by atoms with van der Waals surface area (Å²) >= 11 is 5.76. The van der Waals surface area contributed by atoms with Crippen LogP contribution in [0.25, 0.3) is 0 Å². The number of rotatable bonds is 7. The zero-order valence-electron chi connectivity index (χ0n) is 12.0. The molecule has 0 bridgehead atoms. The van der Waals surface area contributed by atoms with Crippen molar-refractivity contribution >= 4 is 21.6 Å². The second-order valence-electron chi connectivity index (χ2n) is 4.61. The molecule has 0 radical (unpaired) electrons. The van der Waals surface area contributed by atoms with Crippen molar-refractivity contribution in [1.82, 2.24) is 24.3 Å². The molecular weight excluding hydrogens is 314 g/mol. The van der Waals surface area contributed by atoms with Gasteiger partial charge in [0.2, 0.25) is 10.0 Å². The number of nitrogens with one attached hydrogen (secondary N) is 1. The van der Waals surface area contributed by atoms with E-state index in [1.807, 2.05) is 6.92 Å². The molecule has 0 aromatic carbocycles. The first kappa shape index (κ1) is 16.0. The van der Waals surface area contributed by atoms with Gasteiger partial charge in [0.05, 0.1) is 16.9 Å². The van der Waals surface area contributed by atoms with E-state index in [4.69, 9.17) is 11.6 Å². The van der Waals surface area contributed by atoms with Gasteiger partial charge in [-0.3, -0.25) is 9.36 Å². The molecule has 0 aliphatic rings. The van der Waals surface area contributed by atoms with E-state index in [1.54, 1.807) is 34.9 Å². The van der Waals surface area contributed by atoms with Crippen LogP contribution >= 0.6 is 11.6 Å². The van der Waals surface area contributed by atoms with Gasteiger partial charge < -0.3 is 0 Å². The summed E-state index contributed by atoms with van der Waals surface area (Å²) in [5.41, 5.74) is 0.503. The van der Waals surface area contributed by atoms with Crippen LogP contribution in [0.3, 0.4) is 0 Å². The molecule has 9 heteroatoms. The van der Waals surface area contributed by atoms with E-state index < -0.39 is 10.0 Å². The van der Waals surface area contributed by atoms with Crippen LogP contribution in [0.2, 0.25) is 5.02 Å². The molecule has 7 nitrogen and oxygen atoms in total. The SMILES string of the molecule is CCn1cc(S(=O)(=O)NCCCn2cc(Cl)cn2)c(C)n1. The van der Waals surface area contributed by atoms with Gasteiger partial charge in [-0.05, 0) is 20.3 Å². The Hall–Kier alpha value is -1.38. The summed E-state index contributed by atoms with van der Waals surface area (Å²) in [6.07, 6.45) is 5.42. The van der Waals surface area contributed by atoms with E-state index in [0.29, 0.717) is 36.8 Å². The van der Waals surface area contributed by atoms with Crippen molar-refractivity contribution in [2.75, 3.05) is 6.54 Å². The molecule has 2 heterocycles. The molecule has 116 valence electrons. The van der Waals surface area contributed by atoms with Crippen molar-refractivity contribution in [2.45, 2.75) is 38.3 Å². The number of sulfonamides is 1. The fourth-order valence-corrected chi connectivity index (χ4v) is 3.33. The minimum atomic E-state index is -3.52. The Labute approximate surface area is 129 Å². The van der Waals surface area contributed by atoms with Crippen LogP contribution in [0, 0.1) is 6.92 Å². The van der Waals surface area contributed by atoms with E-state index in [9.17, 15) is 8.42 Å². The first-order chi connectivity index (χ1) is 9.92. The third-order valence-corrected chi connectivity index (χ3v) is 4.73. The van der Waals surface area contributed by atoms with E-state index in [1.165, 1.54) is 0 Å². The second-order valence-corrected chi connectivity index (χ2v) is 6.78. The van der Waals surface area contributed by atoms with Crippen molar-refractivity contribution in [2.24, 2.45) is 0 Å². The second kappa shape index (κ2) is 6.59. The Morgan fingerprint density at radius 2 is 2.10 bits per heavy atom. The van der Waals surface area contributed by atoms with Crippen LogP contribution in [0.4, 0.5) is 0 Å². The minimum absolute atomic E-state index is 0.228. The fraction of sp³-hybridized carbons (Fsp3) is 0.500. The Morgan fingerprint density at radius 1 is 1.33 bits per heavy atom. The summed E-state index contributed by atoms with van der Waals surface area (Å²) < 4.78 is 30.2. The highest BCUT2D eigenvalue weighted by atomic mass is 35.5. The molecule has 0 atom stereocenters. The van der Waals surface area contributed by atoms with Crippen LogP contribution in [0.5, 0.6) is 0 Å². The van der Waals surface area contributed by atoms with E-state index in [0.717, 1.165) is 0 Å². The summed E-state index contributed by atoms with van der Waals surface area (Å²) in [7, 11) is -3.52. The maximum Gasteiger partial charge on any atom is 0.243 e. The van der Waals surface area contributed by atoms with Gasteiger partial charge in [-0.1, -0.05) is 11.6 Å².